The number of carboxylic acids is 1. The number of aliphatic carboxylic acids is 1. The number of hydrogen-bond donors (Lipinski definition) is 2. The van der Waals surface area contributed by atoms with Crippen molar-refractivity contribution in [2.45, 2.75) is 18.9 Å². The fourth-order valence-electron chi connectivity index (χ4n) is 1.93. The van der Waals surface area contributed by atoms with E-state index in [9.17, 15) is 4.79 Å². The van der Waals surface area contributed by atoms with Gasteiger partial charge in [-0.1, -0.05) is 18.2 Å². The van der Waals surface area contributed by atoms with Crippen LogP contribution in [0.3, 0.4) is 0 Å². The third-order valence-electron chi connectivity index (χ3n) is 2.81. The molecule has 1 aromatic heterocycles. The highest BCUT2D eigenvalue weighted by molar-refractivity contribution is 5.82. The lowest BCUT2D eigenvalue weighted by Crippen LogP contribution is -2.13. The first-order valence-corrected chi connectivity index (χ1v) is 5.48. The van der Waals surface area contributed by atoms with Crippen molar-refractivity contribution in [3.05, 3.63) is 30.0 Å². The molecule has 1 unspecified atom stereocenters. The minimum atomic E-state index is -0.833. The number of carboxylic acid groups (broad SMARTS) is 1. The number of carbonyl (C=O) groups is 1. The van der Waals surface area contributed by atoms with Gasteiger partial charge in [0.05, 0.1) is 17.3 Å². The van der Waals surface area contributed by atoms with E-state index in [-0.39, 0.29) is 12.5 Å². The summed E-state index contributed by atoms with van der Waals surface area (Å²) in [5, 5.41) is 14.0. The van der Waals surface area contributed by atoms with Crippen LogP contribution in [-0.4, -0.2) is 20.9 Å². The van der Waals surface area contributed by atoms with Crippen LogP contribution in [0.25, 0.3) is 10.9 Å². The third-order valence-corrected chi connectivity index (χ3v) is 2.81. The molecule has 0 radical (unpaired) electrons. The first kappa shape index (κ1) is 11.6. The molecule has 0 saturated carbocycles. The highest BCUT2D eigenvalue weighted by Gasteiger charge is 2.15. The van der Waals surface area contributed by atoms with Gasteiger partial charge < -0.3 is 10.8 Å². The highest BCUT2D eigenvalue weighted by atomic mass is 16.4. The van der Waals surface area contributed by atoms with Crippen LogP contribution in [0.1, 0.15) is 24.6 Å². The molecule has 5 nitrogen and oxygen atoms in total. The Balaban J connectivity index is 2.32. The Morgan fingerprint density at radius 1 is 1.53 bits per heavy atom. The van der Waals surface area contributed by atoms with E-state index in [0.29, 0.717) is 6.42 Å². The Bertz CT molecular complexity index is 548. The Labute approximate surface area is 98.8 Å². The Hall–Kier alpha value is -1.88. The summed E-state index contributed by atoms with van der Waals surface area (Å²) in [6.07, 6.45) is 0.461. The van der Waals surface area contributed by atoms with Gasteiger partial charge in [-0.3, -0.25) is 9.48 Å². The van der Waals surface area contributed by atoms with Crippen LogP contribution in [0.4, 0.5) is 0 Å². The lowest BCUT2D eigenvalue weighted by molar-refractivity contribution is -0.137. The first-order valence-electron chi connectivity index (χ1n) is 5.48. The van der Waals surface area contributed by atoms with Crippen LogP contribution in [0, 0.1) is 0 Å². The molecule has 2 rings (SSSR count). The second-order valence-electron chi connectivity index (χ2n) is 4.06. The first-order chi connectivity index (χ1) is 8.09. The smallest absolute Gasteiger partial charge is 0.303 e. The monoisotopic (exact) mass is 233 g/mol. The van der Waals surface area contributed by atoms with Crippen LogP contribution < -0.4 is 5.73 Å². The highest BCUT2D eigenvalue weighted by Crippen LogP contribution is 2.24. The van der Waals surface area contributed by atoms with Crippen molar-refractivity contribution in [3.8, 4) is 0 Å². The summed E-state index contributed by atoms with van der Waals surface area (Å²) in [4.78, 5) is 10.5. The van der Waals surface area contributed by atoms with Crippen molar-refractivity contribution >= 4 is 16.9 Å². The van der Waals surface area contributed by atoms with Crippen LogP contribution in [0.2, 0.25) is 0 Å². The molecule has 1 aromatic carbocycles. The van der Waals surface area contributed by atoms with E-state index in [2.05, 4.69) is 5.10 Å². The molecule has 0 fully saturated rings. The maximum absolute atomic E-state index is 10.5. The van der Waals surface area contributed by atoms with E-state index in [4.69, 9.17) is 10.8 Å². The molecule has 0 spiro atoms. The minimum Gasteiger partial charge on any atom is -0.481 e. The van der Waals surface area contributed by atoms with Gasteiger partial charge in [0.2, 0.25) is 0 Å². The average molecular weight is 233 g/mol. The molecule has 1 heterocycles. The minimum absolute atomic E-state index is 0.0616. The van der Waals surface area contributed by atoms with E-state index in [1.165, 1.54) is 0 Å². The summed E-state index contributed by atoms with van der Waals surface area (Å²) in [5.41, 5.74) is 7.76. The average Bonchev–Trinajstić information content (AvgIpc) is 2.65. The van der Waals surface area contributed by atoms with E-state index in [0.717, 1.165) is 16.6 Å². The van der Waals surface area contributed by atoms with E-state index >= 15 is 0 Å². The van der Waals surface area contributed by atoms with Crippen LogP contribution >= 0.6 is 0 Å². The second-order valence-corrected chi connectivity index (χ2v) is 4.06. The molecule has 5 heteroatoms. The summed E-state index contributed by atoms with van der Waals surface area (Å²) in [6, 6.07) is 7.46. The molecule has 0 aliphatic heterocycles. The van der Waals surface area contributed by atoms with Gasteiger partial charge in [-0.05, 0) is 12.5 Å². The molecule has 0 bridgehead atoms. The van der Waals surface area contributed by atoms with Crippen molar-refractivity contribution in [2.75, 3.05) is 0 Å². The number of benzene rings is 1. The Morgan fingerprint density at radius 3 is 2.94 bits per heavy atom. The molecule has 3 N–H and O–H groups in total. The topological polar surface area (TPSA) is 81.1 Å². The summed E-state index contributed by atoms with van der Waals surface area (Å²) >= 11 is 0. The lowest BCUT2D eigenvalue weighted by atomic mass is 10.1. The molecule has 90 valence electrons. The van der Waals surface area contributed by atoms with Crippen molar-refractivity contribution in [1.82, 2.24) is 9.78 Å². The molecule has 0 aliphatic rings. The number of hydrogen-bond acceptors (Lipinski definition) is 3. The number of nitrogens with zero attached hydrogens (tertiary/aromatic N) is 2. The van der Waals surface area contributed by atoms with Crippen molar-refractivity contribution in [2.24, 2.45) is 12.8 Å². The zero-order valence-electron chi connectivity index (χ0n) is 9.63. The molecule has 0 aliphatic carbocycles. The van der Waals surface area contributed by atoms with Crippen LogP contribution in [0.15, 0.2) is 24.3 Å². The van der Waals surface area contributed by atoms with Gasteiger partial charge in [-0.15, -0.1) is 0 Å². The van der Waals surface area contributed by atoms with Gasteiger partial charge >= 0.3 is 5.97 Å². The largest absolute Gasteiger partial charge is 0.481 e. The summed E-state index contributed by atoms with van der Waals surface area (Å²) in [5.74, 6) is -0.833. The number of fused-ring (bicyclic) bond motifs is 1. The number of aromatic nitrogens is 2. The van der Waals surface area contributed by atoms with Gasteiger partial charge in [-0.25, -0.2) is 0 Å². The third kappa shape index (κ3) is 2.29. The normalized spacial score (nSPS) is 12.8. The zero-order valence-corrected chi connectivity index (χ0v) is 9.63. The molecule has 17 heavy (non-hydrogen) atoms. The number of rotatable bonds is 4. The molecular formula is C12H15N3O2. The van der Waals surface area contributed by atoms with Gasteiger partial charge in [0, 0.05) is 18.9 Å². The van der Waals surface area contributed by atoms with E-state index < -0.39 is 5.97 Å². The number of aryl methyl sites for hydroxylation is 1. The second kappa shape index (κ2) is 4.55. The maximum Gasteiger partial charge on any atom is 0.303 e. The molecule has 0 saturated heterocycles. The Morgan fingerprint density at radius 2 is 2.24 bits per heavy atom. The number of nitrogens with two attached hydrogens (primary N) is 1. The molecular weight excluding hydrogens is 218 g/mol. The Kier molecular flexibility index (Phi) is 3.10. The predicted molar refractivity (Wildman–Crippen MR) is 64.5 cm³/mol. The predicted octanol–water partition coefficient (Wildman–Crippen LogP) is 1.44. The fourth-order valence-corrected chi connectivity index (χ4v) is 1.93. The molecule has 0 amide bonds. The molecule has 2 aromatic rings. The van der Waals surface area contributed by atoms with E-state index in [1.807, 2.05) is 31.3 Å². The van der Waals surface area contributed by atoms with Crippen molar-refractivity contribution in [3.63, 3.8) is 0 Å². The van der Waals surface area contributed by atoms with Crippen molar-refractivity contribution < 1.29 is 9.90 Å². The maximum atomic E-state index is 10.5. The SMILES string of the molecule is Cn1nc(C(N)CCC(=O)O)c2ccccc21. The van der Waals surface area contributed by atoms with Crippen LogP contribution in [-0.2, 0) is 11.8 Å². The standard InChI is InChI=1S/C12H15N3O2/c1-15-10-5-3-2-4-8(10)12(14-15)9(13)6-7-11(16)17/h2-5,9H,6-7,13H2,1H3,(H,16,17). The number of para-hydroxylation sites is 1. The van der Waals surface area contributed by atoms with Crippen LogP contribution in [0.5, 0.6) is 0 Å². The summed E-state index contributed by atoms with van der Waals surface area (Å²) in [7, 11) is 1.86. The molecule has 1 atom stereocenters. The zero-order chi connectivity index (χ0) is 12.4. The fraction of sp³-hybridized carbons (Fsp3) is 0.333. The van der Waals surface area contributed by atoms with Crippen molar-refractivity contribution in [1.29, 1.82) is 0 Å². The van der Waals surface area contributed by atoms with Gasteiger partial charge in [0.1, 0.15) is 0 Å². The quantitative estimate of drug-likeness (QED) is 0.837. The van der Waals surface area contributed by atoms with E-state index in [1.54, 1.807) is 4.68 Å². The van der Waals surface area contributed by atoms with Gasteiger partial charge in [0.15, 0.2) is 0 Å². The van der Waals surface area contributed by atoms with Gasteiger partial charge in [-0.2, -0.15) is 5.10 Å². The summed E-state index contributed by atoms with van der Waals surface area (Å²) in [6.45, 7) is 0. The van der Waals surface area contributed by atoms with Gasteiger partial charge in [0.25, 0.3) is 0 Å². The summed E-state index contributed by atoms with van der Waals surface area (Å²) < 4.78 is 1.77. The lowest BCUT2D eigenvalue weighted by Gasteiger charge is -2.07.